The predicted octanol–water partition coefficient (Wildman–Crippen LogP) is 4.13. The molecule has 1 spiro atoms. The van der Waals surface area contributed by atoms with Crippen LogP contribution in [0.25, 0.3) is 0 Å². The van der Waals surface area contributed by atoms with Crippen molar-refractivity contribution in [1.82, 2.24) is 0 Å². The Morgan fingerprint density at radius 3 is 2.64 bits per heavy atom. The molecule has 0 aliphatic heterocycles. The number of hydrogen-bond donors (Lipinski definition) is 1. The standard InChI is InChI=1S/C20H30O2/c1-13-14-5-6-16-19(3)9-4-8-18(2,12-21)15(19)7-10-20(16,11-14)17(13)22/h14-16,21H,1,4-12H2,2-3H3/t14-,15?,16+,18+,19-,20-/m1/s1. The van der Waals surface area contributed by atoms with Gasteiger partial charge in [0.2, 0.25) is 0 Å². The molecule has 6 atom stereocenters. The second-order valence-corrected chi connectivity index (χ2v) is 9.30. The van der Waals surface area contributed by atoms with E-state index in [1.54, 1.807) is 0 Å². The number of Topliss-reactive ketones (excluding diaryl/α,β-unsaturated/α-hetero) is 1. The molecule has 0 amide bonds. The van der Waals surface area contributed by atoms with Crippen LogP contribution in [0.3, 0.4) is 0 Å². The first-order chi connectivity index (χ1) is 10.4. The third kappa shape index (κ3) is 1.58. The zero-order chi connectivity index (χ0) is 15.8. The highest BCUT2D eigenvalue weighted by Crippen LogP contribution is 2.70. The molecule has 2 bridgehead atoms. The van der Waals surface area contributed by atoms with Gasteiger partial charge in [0.1, 0.15) is 0 Å². The molecule has 1 N–H and O–H groups in total. The molecule has 4 aliphatic carbocycles. The number of carbonyl (C=O) groups is 1. The quantitative estimate of drug-likeness (QED) is 0.740. The molecule has 122 valence electrons. The van der Waals surface area contributed by atoms with Gasteiger partial charge < -0.3 is 5.11 Å². The fraction of sp³-hybridized carbons (Fsp3) is 0.850. The summed E-state index contributed by atoms with van der Waals surface area (Å²) in [4.78, 5) is 13.0. The number of allylic oxidation sites excluding steroid dienone is 1. The highest BCUT2D eigenvalue weighted by Gasteiger charge is 2.66. The molecule has 4 saturated carbocycles. The van der Waals surface area contributed by atoms with Crippen molar-refractivity contribution >= 4 is 5.78 Å². The van der Waals surface area contributed by atoms with E-state index in [2.05, 4.69) is 20.4 Å². The molecule has 0 heterocycles. The average Bonchev–Trinajstić information content (AvgIpc) is 2.68. The van der Waals surface area contributed by atoms with Gasteiger partial charge in [-0.25, -0.2) is 0 Å². The van der Waals surface area contributed by atoms with Gasteiger partial charge in [0.05, 0.1) is 0 Å². The second kappa shape index (κ2) is 4.47. The fourth-order valence-corrected chi connectivity index (χ4v) is 7.44. The Morgan fingerprint density at radius 1 is 1.14 bits per heavy atom. The maximum atomic E-state index is 13.0. The predicted molar refractivity (Wildman–Crippen MR) is 87.3 cm³/mol. The summed E-state index contributed by atoms with van der Waals surface area (Å²) < 4.78 is 0. The lowest BCUT2D eigenvalue weighted by molar-refractivity contribution is -0.168. The van der Waals surface area contributed by atoms with Gasteiger partial charge in [-0.1, -0.05) is 26.8 Å². The molecule has 0 aromatic heterocycles. The summed E-state index contributed by atoms with van der Waals surface area (Å²) in [5, 5.41) is 10.0. The number of hydrogen-bond acceptors (Lipinski definition) is 2. The van der Waals surface area contributed by atoms with E-state index in [-0.39, 0.29) is 16.2 Å². The molecule has 0 radical (unpaired) electrons. The molecule has 2 heteroatoms. The van der Waals surface area contributed by atoms with Crippen LogP contribution < -0.4 is 0 Å². The first kappa shape index (κ1) is 14.9. The number of fused-ring (bicyclic) bond motifs is 3. The van der Waals surface area contributed by atoms with Gasteiger partial charge in [-0.05, 0) is 79.1 Å². The fourth-order valence-electron chi connectivity index (χ4n) is 7.44. The number of rotatable bonds is 1. The number of aliphatic hydroxyl groups is 1. The lowest BCUT2D eigenvalue weighted by Gasteiger charge is -2.63. The van der Waals surface area contributed by atoms with Gasteiger partial charge in [-0.2, -0.15) is 0 Å². The van der Waals surface area contributed by atoms with Crippen molar-refractivity contribution in [1.29, 1.82) is 0 Å². The highest BCUT2D eigenvalue weighted by atomic mass is 16.3. The van der Waals surface area contributed by atoms with Crippen LogP contribution in [0.4, 0.5) is 0 Å². The third-order valence-corrected chi connectivity index (χ3v) is 8.46. The summed E-state index contributed by atoms with van der Waals surface area (Å²) in [7, 11) is 0. The Kier molecular flexibility index (Phi) is 3.03. The van der Waals surface area contributed by atoms with Gasteiger partial charge in [-0.3, -0.25) is 4.79 Å². The van der Waals surface area contributed by atoms with E-state index in [0.29, 0.717) is 30.1 Å². The molecule has 0 aromatic rings. The van der Waals surface area contributed by atoms with E-state index >= 15 is 0 Å². The van der Waals surface area contributed by atoms with Crippen LogP contribution in [0.15, 0.2) is 12.2 Å². The van der Waals surface area contributed by atoms with Crippen LogP contribution in [0, 0.1) is 34.0 Å². The molecule has 4 aliphatic rings. The van der Waals surface area contributed by atoms with Gasteiger partial charge in [-0.15, -0.1) is 0 Å². The van der Waals surface area contributed by atoms with E-state index < -0.39 is 0 Å². The van der Waals surface area contributed by atoms with E-state index in [4.69, 9.17) is 0 Å². The number of carbonyl (C=O) groups excluding carboxylic acids is 1. The summed E-state index contributed by atoms with van der Waals surface area (Å²) in [5.74, 6) is 1.98. The molecule has 0 aromatic carbocycles. The van der Waals surface area contributed by atoms with Gasteiger partial charge in [0.15, 0.2) is 5.78 Å². The van der Waals surface area contributed by atoms with Crippen LogP contribution in [-0.2, 0) is 4.79 Å². The first-order valence-corrected chi connectivity index (χ1v) is 9.22. The van der Waals surface area contributed by atoms with Crippen LogP contribution in [0.1, 0.15) is 65.2 Å². The van der Waals surface area contributed by atoms with Gasteiger partial charge >= 0.3 is 0 Å². The Labute approximate surface area is 134 Å². The van der Waals surface area contributed by atoms with Crippen LogP contribution >= 0.6 is 0 Å². The monoisotopic (exact) mass is 302 g/mol. The van der Waals surface area contributed by atoms with Crippen molar-refractivity contribution in [2.24, 2.45) is 34.0 Å². The van der Waals surface area contributed by atoms with Gasteiger partial charge in [0, 0.05) is 12.0 Å². The molecular weight excluding hydrogens is 272 g/mol. The van der Waals surface area contributed by atoms with Crippen LogP contribution in [0.2, 0.25) is 0 Å². The summed E-state index contributed by atoms with van der Waals surface area (Å²) in [6, 6.07) is 0. The normalized spacial score (nSPS) is 54.0. The lowest BCUT2D eigenvalue weighted by Crippen LogP contribution is -2.58. The van der Waals surface area contributed by atoms with Gasteiger partial charge in [0.25, 0.3) is 0 Å². The second-order valence-electron chi connectivity index (χ2n) is 9.30. The Morgan fingerprint density at radius 2 is 1.91 bits per heavy atom. The van der Waals surface area contributed by atoms with Crippen molar-refractivity contribution in [3.63, 3.8) is 0 Å². The minimum Gasteiger partial charge on any atom is -0.396 e. The summed E-state index contributed by atoms with van der Waals surface area (Å²) in [6.45, 7) is 9.18. The Hall–Kier alpha value is -0.630. The van der Waals surface area contributed by atoms with Crippen molar-refractivity contribution in [3.05, 3.63) is 12.2 Å². The maximum absolute atomic E-state index is 13.0. The zero-order valence-electron chi connectivity index (χ0n) is 14.2. The highest BCUT2D eigenvalue weighted by molar-refractivity contribution is 6.03. The van der Waals surface area contributed by atoms with E-state index in [0.717, 1.165) is 37.7 Å². The van der Waals surface area contributed by atoms with E-state index in [1.807, 2.05) is 0 Å². The minimum absolute atomic E-state index is 0.0596. The molecule has 2 nitrogen and oxygen atoms in total. The largest absolute Gasteiger partial charge is 0.396 e. The smallest absolute Gasteiger partial charge is 0.165 e. The minimum atomic E-state index is -0.0844. The molecular formula is C20H30O2. The van der Waals surface area contributed by atoms with E-state index in [1.165, 1.54) is 19.3 Å². The Balaban J connectivity index is 1.78. The molecule has 4 rings (SSSR count). The zero-order valence-corrected chi connectivity index (χ0v) is 14.2. The summed E-state index contributed by atoms with van der Waals surface area (Å²) in [6.07, 6.45) is 9.19. The van der Waals surface area contributed by atoms with Crippen LogP contribution in [0.5, 0.6) is 0 Å². The van der Waals surface area contributed by atoms with Crippen molar-refractivity contribution in [2.75, 3.05) is 6.61 Å². The summed E-state index contributed by atoms with van der Waals surface area (Å²) >= 11 is 0. The van der Waals surface area contributed by atoms with Crippen molar-refractivity contribution < 1.29 is 9.90 Å². The number of aliphatic hydroxyl groups excluding tert-OH is 1. The van der Waals surface area contributed by atoms with Crippen molar-refractivity contribution in [3.8, 4) is 0 Å². The lowest BCUT2D eigenvalue weighted by atomic mass is 9.41. The Bertz CT molecular complexity index is 538. The van der Waals surface area contributed by atoms with Crippen molar-refractivity contribution in [2.45, 2.75) is 65.2 Å². The molecule has 22 heavy (non-hydrogen) atoms. The molecule has 1 unspecified atom stereocenters. The number of ketones is 1. The SMILES string of the molecule is C=C1C(=O)[C@@]23CCC4[C@](C)(CO)CCC[C@@]4(C)[C@@H]2CC[C@@H]1C3. The topological polar surface area (TPSA) is 37.3 Å². The first-order valence-electron chi connectivity index (χ1n) is 9.22. The van der Waals surface area contributed by atoms with Crippen LogP contribution in [-0.4, -0.2) is 17.5 Å². The van der Waals surface area contributed by atoms with E-state index in [9.17, 15) is 9.90 Å². The molecule has 0 saturated heterocycles. The average molecular weight is 302 g/mol. The third-order valence-electron chi connectivity index (χ3n) is 8.46. The maximum Gasteiger partial charge on any atom is 0.165 e. The molecule has 4 fully saturated rings. The summed E-state index contributed by atoms with van der Waals surface area (Å²) in [5.41, 5.74) is 1.15.